The summed E-state index contributed by atoms with van der Waals surface area (Å²) in [6.45, 7) is 4.03. The van der Waals surface area contributed by atoms with Gasteiger partial charge >= 0.3 is 5.97 Å². The SMILES string of the molecule is CCC(NC(=O)CCCn1cc(C)ccc1=O)C(=O)O. The van der Waals surface area contributed by atoms with Gasteiger partial charge < -0.3 is 15.0 Å². The van der Waals surface area contributed by atoms with Crippen molar-refractivity contribution in [3.8, 4) is 0 Å². The van der Waals surface area contributed by atoms with E-state index in [9.17, 15) is 14.4 Å². The molecular weight excluding hydrogens is 260 g/mol. The van der Waals surface area contributed by atoms with Crippen molar-refractivity contribution in [3.63, 3.8) is 0 Å². The minimum Gasteiger partial charge on any atom is -0.480 e. The maximum absolute atomic E-state index is 11.6. The molecule has 20 heavy (non-hydrogen) atoms. The zero-order chi connectivity index (χ0) is 15.1. The van der Waals surface area contributed by atoms with Gasteiger partial charge in [-0.1, -0.05) is 13.0 Å². The summed E-state index contributed by atoms with van der Waals surface area (Å²) in [5.41, 5.74) is 0.874. The highest BCUT2D eigenvalue weighted by molar-refractivity contribution is 5.83. The van der Waals surface area contributed by atoms with Gasteiger partial charge in [0.15, 0.2) is 0 Å². The highest BCUT2D eigenvalue weighted by Gasteiger charge is 2.16. The third-order valence-electron chi connectivity index (χ3n) is 2.98. The molecule has 0 aliphatic rings. The molecule has 0 bridgehead atoms. The zero-order valence-corrected chi connectivity index (χ0v) is 11.8. The summed E-state index contributed by atoms with van der Waals surface area (Å²) in [6, 6.07) is 2.39. The monoisotopic (exact) mass is 280 g/mol. The lowest BCUT2D eigenvalue weighted by atomic mass is 10.2. The highest BCUT2D eigenvalue weighted by atomic mass is 16.4. The zero-order valence-electron chi connectivity index (χ0n) is 11.8. The van der Waals surface area contributed by atoms with Gasteiger partial charge in [0.05, 0.1) is 0 Å². The van der Waals surface area contributed by atoms with Crippen LogP contribution in [-0.2, 0) is 16.1 Å². The first-order chi connectivity index (χ1) is 9.43. The van der Waals surface area contributed by atoms with Gasteiger partial charge in [-0.3, -0.25) is 9.59 Å². The predicted octanol–water partition coefficient (Wildman–Crippen LogP) is 0.916. The van der Waals surface area contributed by atoms with Gasteiger partial charge in [-0.2, -0.15) is 0 Å². The van der Waals surface area contributed by atoms with E-state index in [-0.39, 0.29) is 17.9 Å². The maximum atomic E-state index is 11.6. The summed E-state index contributed by atoms with van der Waals surface area (Å²) in [6.07, 6.45) is 2.78. The summed E-state index contributed by atoms with van der Waals surface area (Å²) >= 11 is 0. The molecule has 1 atom stereocenters. The molecule has 0 radical (unpaired) electrons. The van der Waals surface area contributed by atoms with E-state index in [1.807, 2.05) is 6.92 Å². The summed E-state index contributed by atoms with van der Waals surface area (Å²) in [5, 5.41) is 11.3. The number of pyridine rings is 1. The van der Waals surface area contributed by atoms with E-state index < -0.39 is 12.0 Å². The number of nitrogens with one attached hydrogen (secondary N) is 1. The van der Waals surface area contributed by atoms with Crippen LogP contribution in [0.3, 0.4) is 0 Å². The summed E-state index contributed by atoms with van der Waals surface area (Å²) in [5.74, 6) is -1.34. The molecule has 0 fully saturated rings. The van der Waals surface area contributed by atoms with Crippen molar-refractivity contribution in [2.45, 2.75) is 45.7 Å². The van der Waals surface area contributed by atoms with Gasteiger partial charge in [0.1, 0.15) is 6.04 Å². The molecule has 1 amide bonds. The van der Waals surface area contributed by atoms with Crippen LogP contribution in [0.25, 0.3) is 0 Å². The molecule has 1 rings (SSSR count). The second kappa shape index (κ2) is 7.47. The highest BCUT2D eigenvalue weighted by Crippen LogP contribution is 1.98. The van der Waals surface area contributed by atoms with Crippen molar-refractivity contribution in [2.75, 3.05) is 0 Å². The molecule has 1 aromatic rings. The van der Waals surface area contributed by atoms with E-state index in [1.54, 1.807) is 23.8 Å². The standard InChI is InChI=1S/C14H20N2O4/c1-3-11(14(19)20)15-12(17)5-4-8-16-9-10(2)6-7-13(16)18/h6-7,9,11H,3-5,8H2,1-2H3,(H,15,17)(H,19,20). The quantitative estimate of drug-likeness (QED) is 0.777. The van der Waals surface area contributed by atoms with Crippen LogP contribution in [0.4, 0.5) is 0 Å². The molecule has 0 aromatic carbocycles. The Bertz CT molecular complexity index is 536. The molecule has 2 N–H and O–H groups in total. The third kappa shape index (κ3) is 4.87. The maximum Gasteiger partial charge on any atom is 0.326 e. The van der Waals surface area contributed by atoms with Gasteiger partial charge in [0, 0.05) is 25.2 Å². The fourth-order valence-electron chi connectivity index (χ4n) is 1.84. The Hall–Kier alpha value is -2.11. The summed E-state index contributed by atoms with van der Waals surface area (Å²) in [4.78, 5) is 33.9. The van der Waals surface area contributed by atoms with Gasteiger partial charge in [0.25, 0.3) is 5.56 Å². The average Bonchev–Trinajstić information content (AvgIpc) is 2.39. The van der Waals surface area contributed by atoms with E-state index in [4.69, 9.17) is 5.11 Å². The van der Waals surface area contributed by atoms with Crippen LogP contribution in [0.2, 0.25) is 0 Å². The van der Waals surface area contributed by atoms with Gasteiger partial charge in [-0.25, -0.2) is 4.79 Å². The molecule has 1 heterocycles. The Kier molecular flexibility index (Phi) is 5.96. The van der Waals surface area contributed by atoms with E-state index in [2.05, 4.69) is 5.32 Å². The van der Waals surface area contributed by atoms with Crippen LogP contribution >= 0.6 is 0 Å². The summed E-state index contributed by atoms with van der Waals surface area (Å²) < 4.78 is 1.55. The number of hydrogen-bond donors (Lipinski definition) is 2. The van der Waals surface area contributed by atoms with E-state index >= 15 is 0 Å². The topological polar surface area (TPSA) is 88.4 Å². The smallest absolute Gasteiger partial charge is 0.326 e. The Morgan fingerprint density at radius 1 is 1.40 bits per heavy atom. The molecule has 0 aliphatic heterocycles. The number of hydrogen-bond acceptors (Lipinski definition) is 3. The first-order valence-corrected chi connectivity index (χ1v) is 6.63. The van der Waals surface area contributed by atoms with Gasteiger partial charge in [0.2, 0.25) is 5.91 Å². The fraction of sp³-hybridized carbons (Fsp3) is 0.500. The number of nitrogens with zero attached hydrogens (tertiary/aromatic N) is 1. The van der Waals surface area contributed by atoms with Crippen molar-refractivity contribution >= 4 is 11.9 Å². The lowest BCUT2D eigenvalue weighted by Gasteiger charge is -2.12. The Labute approximate surface area is 117 Å². The van der Waals surface area contributed by atoms with Gasteiger partial charge in [-0.05, 0) is 25.3 Å². The lowest BCUT2D eigenvalue weighted by Crippen LogP contribution is -2.40. The number of carboxylic acid groups (broad SMARTS) is 1. The van der Waals surface area contributed by atoms with Crippen molar-refractivity contribution in [1.82, 2.24) is 9.88 Å². The number of carbonyl (C=O) groups excluding carboxylic acids is 1. The second-order valence-corrected chi connectivity index (χ2v) is 4.71. The van der Waals surface area contributed by atoms with Crippen LogP contribution < -0.4 is 10.9 Å². The van der Waals surface area contributed by atoms with E-state index in [0.29, 0.717) is 19.4 Å². The number of amides is 1. The van der Waals surface area contributed by atoms with Gasteiger partial charge in [-0.15, -0.1) is 0 Å². The van der Waals surface area contributed by atoms with E-state index in [1.165, 1.54) is 6.07 Å². The molecule has 0 saturated heterocycles. The molecular formula is C14H20N2O4. The molecule has 1 unspecified atom stereocenters. The number of aryl methyl sites for hydroxylation is 2. The van der Waals surface area contributed by atoms with Crippen LogP contribution in [0, 0.1) is 6.92 Å². The number of carbonyl (C=O) groups is 2. The fourth-order valence-corrected chi connectivity index (χ4v) is 1.84. The normalized spacial score (nSPS) is 11.9. The molecule has 6 nitrogen and oxygen atoms in total. The predicted molar refractivity (Wildman–Crippen MR) is 74.5 cm³/mol. The second-order valence-electron chi connectivity index (χ2n) is 4.71. The number of rotatable bonds is 7. The molecule has 1 aromatic heterocycles. The largest absolute Gasteiger partial charge is 0.480 e. The Morgan fingerprint density at radius 3 is 2.70 bits per heavy atom. The minimum atomic E-state index is -1.03. The van der Waals surface area contributed by atoms with Crippen molar-refractivity contribution < 1.29 is 14.7 Å². The van der Waals surface area contributed by atoms with Crippen LogP contribution in [0.1, 0.15) is 31.7 Å². The summed E-state index contributed by atoms with van der Waals surface area (Å²) in [7, 11) is 0. The molecule has 0 saturated carbocycles. The van der Waals surface area contributed by atoms with Crippen molar-refractivity contribution in [1.29, 1.82) is 0 Å². The molecule has 0 aliphatic carbocycles. The van der Waals surface area contributed by atoms with Crippen LogP contribution in [-0.4, -0.2) is 27.6 Å². The molecule has 110 valence electrons. The molecule has 6 heteroatoms. The minimum absolute atomic E-state index is 0.104. The number of aromatic nitrogens is 1. The number of aliphatic carboxylic acids is 1. The third-order valence-corrected chi connectivity index (χ3v) is 2.98. The first kappa shape index (κ1) is 15.9. The van der Waals surface area contributed by atoms with E-state index in [0.717, 1.165) is 5.56 Å². The Balaban J connectivity index is 2.44. The van der Waals surface area contributed by atoms with Crippen LogP contribution in [0.15, 0.2) is 23.1 Å². The lowest BCUT2D eigenvalue weighted by molar-refractivity contribution is -0.141. The average molecular weight is 280 g/mol. The Morgan fingerprint density at radius 2 is 2.10 bits per heavy atom. The van der Waals surface area contributed by atoms with Crippen molar-refractivity contribution in [3.05, 3.63) is 34.2 Å². The molecule has 0 spiro atoms. The number of carboxylic acids is 1. The van der Waals surface area contributed by atoms with Crippen LogP contribution in [0.5, 0.6) is 0 Å². The first-order valence-electron chi connectivity index (χ1n) is 6.63. The van der Waals surface area contributed by atoms with Crippen molar-refractivity contribution in [2.24, 2.45) is 0 Å².